The maximum Gasteiger partial charge on any atom is 0.133 e. The summed E-state index contributed by atoms with van der Waals surface area (Å²) in [5.74, 6) is 0. The highest BCUT2D eigenvalue weighted by Crippen LogP contribution is 2.40. The molecule has 0 aliphatic heterocycles. The molecule has 0 bridgehead atoms. The van der Waals surface area contributed by atoms with E-state index >= 15 is 4.39 Å². The topological polar surface area (TPSA) is 12.9 Å². The number of aromatic nitrogens is 1. The van der Waals surface area contributed by atoms with Gasteiger partial charge in [0.05, 0.1) is 5.69 Å². The van der Waals surface area contributed by atoms with Crippen molar-refractivity contribution in [3.8, 4) is 11.3 Å². The maximum absolute atomic E-state index is 15.2. The van der Waals surface area contributed by atoms with Crippen molar-refractivity contribution in [2.24, 2.45) is 0 Å². The molecule has 1 unspecified atom stereocenters. The van der Waals surface area contributed by atoms with Crippen molar-refractivity contribution in [1.29, 1.82) is 0 Å². The Hall–Kier alpha value is -2.22. The molecule has 2 heteroatoms. The van der Waals surface area contributed by atoms with Crippen LogP contribution in [-0.2, 0) is 5.67 Å². The number of halogens is 1. The zero-order valence-corrected chi connectivity index (χ0v) is 14.2. The van der Waals surface area contributed by atoms with Crippen LogP contribution < -0.4 is 0 Å². The molecule has 0 saturated heterocycles. The van der Waals surface area contributed by atoms with Crippen molar-refractivity contribution in [3.63, 3.8) is 0 Å². The number of benzene rings is 2. The van der Waals surface area contributed by atoms with E-state index in [2.05, 4.69) is 30.1 Å². The van der Waals surface area contributed by atoms with Crippen molar-refractivity contribution in [2.45, 2.75) is 39.8 Å². The van der Waals surface area contributed by atoms with Crippen LogP contribution in [0.5, 0.6) is 0 Å². The molecule has 1 heterocycles. The Morgan fingerprint density at radius 3 is 2.48 bits per heavy atom. The average Bonchev–Trinajstić information content (AvgIpc) is 2.56. The lowest BCUT2D eigenvalue weighted by Crippen LogP contribution is -2.15. The van der Waals surface area contributed by atoms with E-state index in [1.807, 2.05) is 44.3 Å². The molecular formula is C21H22FN. The summed E-state index contributed by atoms with van der Waals surface area (Å²) < 4.78 is 15.2. The van der Waals surface area contributed by atoms with Gasteiger partial charge in [-0.25, -0.2) is 4.39 Å². The molecule has 0 N–H and O–H groups in total. The smallest absolute Gasteiger partial charge is 0.133 e. The predicted molar refractivity (Wildman–Crippen MR) is 95.4 cm³/mol. The van der Waals surface area contributed by atoms with E-state index < -0.39 is 5.67 Å². The highest BCUT2D eigenvalue weighted by molar-refractivity contribution is 5.98. The minimum absolute atomic E-state index is 0.434. The molecule has 0 spiro atoms. The highest BCUT2D eigenvalue weighted by atomic mass is 19.1. The van der Waals surface area contributed by atoms with E-state index in [9.17, 15) is 0 Å². The van der Waals surface area contributed by atoms with Crippen LogP contribution in [0.4, 0.5) is 4.39 Å². The molecule has 0 aliphatic carbocycles. The van der Waals surface area contributed by atoms with Crippen molar-refractivity contribution < 1.29 is 4.39 Å². The van der Waals surface area contributed by atoms with E-state index in [1.54, 1.807) is 6.92 Å². The number of aryl methyl sites for hydroxylation is 2. The Labute approximate surface area is 137 Å². The average molecular weight is 307 g/mol. The van der Waals surface area contributed by atoms with Gasteiger partial charge in [-0.3, -0.25) is 4.98 Å². The van der Waals surface area contributed by atoms with Gasteiger partial charge in [-0.15, -0.1) is 0 Å². The molecule has 23 heavy (non-hydrogen) atoms. The van der Waals surface area contributed by atoms with Crippen molar-refractivity contribution >= 4 is 10.8 Å². The van der Waals surface area contributed by atoms with Crippen LogP contribution in [0.25, 0.3) is 22.0 Å². The fraction of sp³-hybridized carbons (Fsp3) is 0.286. The number of nitrogens with zero attached hydrogens (tertiary/aromatic N) is 1. The first kappa shape index (κ1) is 15.7. The summed E-state index contributed by atoms with van der Waals surface area (Å²) in [5, 5.41) is 2.16. The van der Waals surface area contributed by atoms with Crippen LogP contribution in [0.3, 0.4) is 0 Å². The molecular weight excluding hydrogens is 285 g/mol. The molecule has 0 saturated carbocycles. The van der Waals surface area contributed by atoms with Gasteiger partial charge in [0.1, 0.15) is 5.67 Å². The molecule has 0 fully saturated rings. The molecule has 0 amide bonds. The van der Waals surface area contributed by atoms with E-state index in [0.717, 1.165) is 33.2 Å². The molecule has 1 atom stereocenters. The van der Waals surface area contributed by atoms with Crippen molar-refractivity contribution in [1.82, 2.24) is 4.98 Å². The zero-order chi connectivity index (χ0) is 16.6. The molecule has 0 aliphatic rings. The van der Waals surface area contributed by atoms with Gasteiger partial charge in [0.2, 0.25) is 0 Å². The first-order valence-electron chi connectivity index (χ1n) is 8.09. The maximum atomic E-state index is 15.2. The van der Waals surface area contributed by atoms with E-state index in [0.29, 0.717) is 6.42 Å². The number of rotatable bonds is 3. The second-order valence-electron chi connectivity index (χ2n) is 6.41. The Kier molecular flexibility index (Phi) is 3.93. The van der Waals surface area contributed by atoms with Gasteiger partial charge in [-0.1, -0.05) is 43.3 Å². The van der Waals surface area contributed by atoms with Crippen molar-refractivity contribution in [3.05, 3.63) is 65.4 Å². The first-order valence-corrected chi connectivity index (χ1v) is 8.09. The van der Waals surface area contributed by atoms with Gasteiger partial charge >= 0.3 is 0 Å². The van der Waals surface area contributed by atoms with Gasteiger partial charge in [-0.2, -0.15) is 0 Å². The van der Waals surface area contributed by atoms with E-state index in [1.165, 1.54) is 5.56 Å². The first-order chi connectivity index (χ1) is 10.9. The second-order valence-corrected chi connectivity index (χ2v) is 6.41. The van der Waals surface area contributed by atoms with Crippen LogP contribution >= 0.6 is 0 Å². The number of hydrogen-bond acceptors (Lipinski definition) is 1. The largest absolute Gasteiger partial charge is 0.256 e. The summed E-state index contributed by atoms with van der Waals surface area (Å²) in [7, 11) is 0. The van der Waals surface area contributed by atoms with Crippen molar-refractivity contribution in [2.75, 3.05) is 0 Å². The highest BCUT2D eigenvalue weighted by Gasteiger charge is 2.28. The fourth-order valence-corrected chi connectivity index (χ4v) is 2.93. The molecule has 3 aromatic rings. The third-order valence-corrected chi connectivity index (χ3v) is 4.78. The summed E-state index contributed by atoms with van der Waals surface area (Å²) >= 11 is 0. The Morgan fingerprint density at radius 2 is 1.78 bits per heavy atom. The van der Waals surface area contributed by atoms with Gasteiger partial charge in [0.25, 0.3) is 0 Å². The van der Waals surface area contributed by atoms with Crippen LogP contribution in [0.1, 0.15) is 37.0 Å². The quantitative estimate of drug-likeness (QED) is 0.568. The monoisotopic (exact) mass is 307 g/mol. The van der Waals surface area contributed by atoms with Gasteiger partial charge in [0.15, 0.2) is 0 Å². The molecule has 118 valence electrons. The zero-order valence-electron chi connectivity index (χ0n) is 14.2. The van der Waals surface area contributed by atoms with Crippen LogP contribution in [0.15, 0.2) is 48.7 Å². The molecule has 2 aromatic carbocycles. The molecule has 3 rings (SSSR count). The molecule has 1 nitrogen and oxygen atoms in total. The number of alkyl halides is 1. The molecule has 1 aromatic heterocycles. The standard InChI is InChI=1S/C21H22FN/c1-5-21(4,22)18-11-10-16-8-6-7-9-17(16)20(18)19-12-14(2)15(3)13-23-19/h6-13H,5H2,1-4H3. The normalized spacial score (nSPS) is 14.0. The predicted octanol–water partition coefficient (Wildman–Crippen LogP) is 6.11. The minimum atomic E-state index is -1.38. The minimum Gasteiger partial charge on any atom is -0.256 e. The molecule has 0 radical (unpaired) electrons. The van der Waals surface area contributed by atoms with Gasteiger partial charge < -0.3 is 0 Å². The summed E-state index contributed by atoms with van der Waals surface area (Å²) in [4.78, 5) is 4.60. The van der Waals surface area contributed by atoms with E-state index in [4.69, 9.17) is 0 Å². The summed E-state index contributed by atoms with van der Waals surface area (Å²) in [5.41, 5.74) is 3.42. The summed E-state index contributed by atoms with van der Waals surface area (Å²) in [6.45, 7) is 7.65. The van der Waals surface area contributed by atoms with E-state index in [-0.39, 0.29) is 0 Å². The SMILES string of the molecule is CCC(C)(F)c1ccc2ccccc2c1-c1cc(C)c(C)cn1. The van der Waals surface area contributed by atoms with Crippen LogP contribution in [0, 0.1) is 13.8 Å². The summed E-state index contributed by atoms with van der Waals surface area (Å²) in [6.07, 6.45) is 2.31. The Morgan fingerprint density at radius 1 is 1.04 bits per heavy atom. The van der Waals surface area contributed by atoms with Crippen LogP contribution in [0.2, 0.25) is 0 Å². The summed E-state index contributed by atoms with van der Waals surface area (Å²) in [6, 6.07) is 14.1. The van der Waals surface area contributed by atoms with Gasteiger partial charge in [-0.05, 0) is 60.7 Å². The van der Waals surface area contributed by atoms with Crippen LogP contribution in [-0.4, -0.2) is 4.98 Å². The lowest BCUT2D eigenvalue weighted by atomic mass is 9.86. The number of pyridine rings is 1. The fourth-order valence-electron chi connectivity index (χ4n) is 2.93. The Balaban J connectivity index is 2.39. The third-order valence-electron chi connectivity index (χ3n) is 4.78. The lowest BCUT2D eigenvalue weighted by Gasteiger charge is -2.24. The number of hydrogen-bond donors (Lipinski definition) is 0. The third kappa shape index (κ3) is 2.74. The number of fused-ring (bicyclic) bond motifs is 1. The second kappa shape index (κ2) is 5.77. The lowest BCUT2D eigenvalue weighted by molar-refractivity contribution is 0.186. The Bertz CT molecular complexity index is 865. The van der Waals surface area contributed by atoms with Gasteiger partial charge in [0, 0.05) is 11.8 Å².